The lowest BCUT2D eigenvalue weighted by Gasteiger charge is -2.58. The third-order valence-corrected chi connectivity index (χ3v) is 11.1. The number of likely N-dealkylation sites (tertiary alicyclic amines) is 1. The van der Waals surface area contributed by atoms with Gasteiger partial charge in [0, 0.05) is 18.4 Å². The third kappa shape index (κ3) is 3.11. The average Bonchev–Trinajstić information content (AvgIpc) is 3.17. The van der Waals surface area contributed by atoms with Crippen molar-refractivity contribution in [3.8, 4) is 0 Å². The molecule has 5 aliphatic rings. The van der Waals surface area contributed by atoms with Gasteiger partial charge in [-0.05, 0) is 123 Å². The molecule has 2 saturated carbocycles. The summed E-state index contributed by atoms with van der Waals surface area (Å²) in [7, 11) is 2.39. The topological polar surface area (TPSA) is 16.1 Å². The fraction of sp³-hybridized carbons (Fsp3) is 0.700. The second-order valence-corrected chi connectivity index (χ2v) is 12.4. The largest absolute Gasteiger partial charge is 0.303 e. The predicted molar refractivity (Wildman–Crippen MR) is 133 cm³/mol. The third-order valence-electron chi connectivity index (χ3n) is 11.1. The van der Waals surface area contributed by atoms with E-state index in [4.69, 9.17) is 0 Å². The average molecular weight is 431 g/mol. The molecule has 0 spiro atoms. The number of nitrogens with zero attached hydrogens (tertiary/aromatic N) is 2. The van der Waals surface area contributed by atoms with Gasteiger partial charge in [0.2, 0.25) is 0 Å². The number of piperidine rings is 1. The molecule has 0 radical (unpaired) electrons. The van der Waals surface area contributed by atoms with Gasteiger partial charge in [-0.1, -0.05) is 44.1 Å². The Bertz CT molecular complexity index is 916. The van der Waals surface area contributed by atoms with E-state index in [9.17, 15) is 0 Å². The smallest absolute Gasteiger partial charge is 0.0343 e. The summed E-state index contributed by atoms with van der Waals surface area (Å²) in [6, 6.07) is 5.22. The molecule has 0 N–H and O–H groups in total. The summed E-state index contributed by atoms with van der Waals surface area (Å²) >= 11 is 0. The Balaban J connectivity index is 1.24. The van der Waals surface area contributed by atoms with E-state index in [1.54, 1.807) is 5.57 Å². The van der Waals surface area contributed by atoms with Crippen molar-refractivity contribution in [3.63, 3.8) is 0 Å². The molecule has 32 heavy (non-hydrogen) atoms. The van der Waals surface area contributed by atoms with Crippen LogP contribution in [0.1, 0.15) is 83.6 Å². The monoisotopic (exact) mass is 430 g/mol. The summed E-state index contributed by atoms with van der Waals surface area (Å²) in [5, 5.41) is 0. The number of aromatic nitrogens is 1. The minimum atomic E-state index is 0.341. The Hall–Kier alpha value is -1.41. The van der Waals surface area contributed by atoms with Crippen molar-refractivity contribution in [2.24, 2.45) is 34.5 Å². The molecule has 1 unspecified atom stereocenters. The fourth-order valence-corrected chi connectivity index (χ4v) is 9.25. The molecule has 4 aliphatic carbocycles. The molecule has 0 amide bonds. The van der Waals surface area contributed by atoms with Crippen LogP contribution in [0.4, 0.5) is 0 Å². The van der Waals surface area contributed by atoms with Crippen molar-refractivity contribution in [1.29, 1.82) is 0 Å². The van der Waals surface area contributed by atoms with Crippen LogP contribution in [-0.2, 0) is 0 Å². The van der Waals surface area contributed by atoms with E-state index in [1.165, 1.54) is 76.3 Å². The summed E-state index contributed by atoms with van der Waals surface area (Å²) in [6.45, 7) is 6.56. The van der Waals surface area contributed by atoms with Gasteiger partial charge in [0.15, 0.2) is 0 Å². The number of hydrogen-bond donors (Lipinski definition) is 0. The minimum Gasteiger partial charge on any atom is -0.303 e. The van der Waals surface area contributed by atoms with E-state index in [1.807, 2.05) is 11.8 Å². The van der Waals surface area contributed by atoms with Crippen LogP contribution in [-0.4, -0.2) is 29.5 Å². The van der Waals surface area contributed by atoms with Crippen molar-refractivity contribution >= 4 is 5.57 Å². The Labute approximate surface area is 195 Å². The van der Waals surface area contributed by atoms with Crippen LogP contribution < -0.4 is 0 Å². The summed E-state index contributed by atoms with van der Waals surface area (Å²) in [5.41, 5.74) is 5.62. The first-order valence-corrected chi connectivity index (χ1v) is 13.5. The molecule has 2 heterocycles. The molecular weight excluding hydrogens is 388 g/mol. The van der Waals surface area contributed by atoms with Crippen LogP contribution >= 0.6 is 0 Å². The fourth-order valence-electron chi connectivity index (χ4n) is 9.25. The van der Waals surface area contributed by atoms with Crippen molar-refractivity contribution in [1.82, 2.24) is 9.88 Å². The zero-order chi connectivity index (χ0) is 21.9. The van der Waals surface area contributed by atoms with E-state index in [0.717, 1.165) is 29.7 Å². The van der Waals surface area contributed by atoms with Crippen molar-refractivity contribution in [2.45, 2.75) is 84.1 Å². The van der Waals surface area contributed by atoms with Gasteiger partial charge >= 0.3 is 0 Å². The summed E-state index contributed by atoms with van der Waals surface area (Å²) in [6.07, 6.45) is 23.3. The number of pyridine rings is 1. The normalized spacial score (nSPS) is 44.2. The van der Waals surface area contributed by atoms with Gasteiger partial charge < -0.3 is 4.90 Å². The van der Waals surface area contributed by atoms with E-state index < -0.39 is 0 Å². The van der Waals surface area contributed by atoms with Crippen LogP contribution in [0.15, 0.2) is 42.3 Å². The quantitative estimate of drug-likeness (QED) is 0.464. The molecule has 3 fully saturated rings. The van der Waals surface area contributed by atoms with Crippen LogP contribution in [0.5, 0.6) is 0 Å². The lowest BCUT2D eigenvalue weighted by Crippen LogP contribution is -2.51. The molecule has 1 aromatic rings. The Morgan fingerprint density at radius 3 is 2.66 bits per heavy atom. The highest BCUT2D eigenvalue weighted by atomic mass is 15.1. The Kier molecular flexibility index (Phi) is 5.17. The molecule has 0 bridgehead atoms. The first-order chi connectivity index (χ1) is 15.5. The molecule has 7 atom stereocenters. The number of rotatable bonds is 2. The van der Waals surface area contributed by atoms with E-state index >= 15 is 0 Å². The Morgan fingerprint density at radius 2 is 1.84 bits per heavy atom. The maximum absolute atomic E-state index is 4.44. The molecular formula is C30H42N2. The maximum Gasteiger partial charge on any atom is 0.0343 e. The van der Waals surface area contributed by atoms with Gasteiger partial charge in [0.05, 0.1) is 0 Å². The SMILES string of the molecule is CN1CCCCC1[C@H]1CC[C@@]2(C)C(=CC[C@@H]3[C@@H]2CC[C@]2(C)C(c4cccnc4)=CC[C@@H]32)C1. The lowest BCUT2D eigenvalue weighted by molar-refractivity contribution is -0.0212. The Morgan fingerprint density at radius 1 is 0.969 bits per heavy atom. The van der Waals surface area contributed by atoms with E-state index in [0.29, 0.717) is 10.8 Å². The van der Waals surface area contributed by atoms with E-state index in [2.05, 4.69) is 61.3 Å². The number of hydrogen-bond acceptors (Lipinski definition) is 2. The zero-order valence-corrected chi connectivity index (χ0v) is 20.5. The second-order valence-electron chi connectivity index (χ2n) is 12.4. The lowest BCUT2D eigenvalue weighted by atomic mass is 9.46. The first kappa shape index (κ1) is 21.1. The predicted octanol–water partition coefficient (Wildman–Crippen LogP) is 7.14. The van der Waals surface area contributed by atoms with Gasteiger partial charge in [-0.15, -0.1) is 0 Å². The summed E-state index contributed by atoms with van der Waals surface area (Å²) in [4.78, 5) is 7.14. The van der Waals surface area contributed by atoms with Crippen LogP contribution in [0.2, 0.25) is 0 Å². The van der Waals surface area contributed by atoms with Gasteiger partial charge in [0.1, 0.15) is 0 Å². The standard InChI is InChI=1S/C30H42N2/c1-29-15-13-21(28-8-4-5-18-32(28)3)19-23(29)9-10-24-26-12-11-25(22-7-6-17-31-20-22)30(26,2)16-14-27(24)29/h6-7,9,11,17,20-21,24,26-28H,4-5,8,10,12-16,18-19H2,1-3H3/t21-,24-,26-,27-,28?,29-,30+/m0/s1. The van der Waals surface area contributed by atoms with Crippen LogP contribution in [0.3, 0.4) is 0 Å². The van der Waals surface area contributed by atoms with Crippen molar-refractivity contribution in [2.75, 3.05) is 13.6 Å². The van der Waals surface area contributed by atoms with Crippen molar-refractivity contribution in [3.05, 3.63) is 47.8 Å². The van der Waals surface area contributed by atoms with Crippen LogP contribution in [0.25, 0.3) is 5.57 Å². The molecule has 6 rings (SSSR count). The van der Waals surface area contributed by atoms with Gasteiger partial charge in [-0.2, -0.15) is 0 Å². The number of allylic oxidation sites excluding steroid dienone is 4. The van der Waals surface area contributed by atoms with E-state index in [-0.39, 0.29) is 0 Å². The van der Waals surface area contributed by atoms with Crippen LogP contribution in [0, 0.1) is 34.5 Å². The maximum atomic E-state index is 4.44. The molecule has 2 nitrogen and oxygen atoms in total. The minimum absolute atomic E-state index is 0.341. The molecule has 1 saturated heterocycles. The number of fused-ring (bicyclic) bond motifs is 5. The molecule has 2 heteroatoms. The molecule has 0 aromatic carbocycles. The van der Waals surface area contributed by atoms with Gasteiger partial charge in [0.25, 0.3) is 0 Å². The summed E-state index contributed by atoms with van der Waals surface area (Å²) < 4.78 is 0. The van der Waals surface area contributed by atoms with Crippen molar-refractivity contribution < 1.29 is 0 Å². The van der Waals surface area contributed by atoms with Gasteiger partial charge in [-0.25, -0.2) is 0 Å². The highest BCUT2D eigenvalue weighted by Gasteiger charge is 2.57. The first-order valence-electron chi connectivity index (χ1n) is 13.5. The second kappa shape index (κ2) is 7.83. The molecule has 1 aromatic heterocycles. The molecule has 1 aliphatic heterocycles. The van der Waals surface area contributed by atoms with Gasteiger partial charge in [-0.3, -0.25) is 4.98 Å². The zero-order valence-electron chi connectivity index (χ0n) is 20.5. The molecule has 172 valence electrons. The highest BCUT2D eigenvalue weighted by Crippen LogP contribution is 2.66. The summed E-state index contributed by atoms with van der Waals surface area (Å²) in [5.74, 6) is 3.47. The highest BCUT2D eigenvalue weighted by molar-refractivity contribution is 5.72.